The van der Waals surface area contributed by atoms with Crippen molar-refractivity contribution in [2.24, 2.45) is 0 Å². The van der Waals surface area contributed by atoms with Gasteiger partial charge in [-0.05, 0) is 44.0 Å². The molecule has 0 unspecified atom stereocenters. The van der Waals surface area contributed by atoms with Crippen LogP contribution in [0, 0.1) is 0 Å². The van der Waals surface area contributed by atoms with E-state index in [1.807, 2.05) is 6.92 Å². The van der Waals surface area contributed by atoms with Crippen molar-refractivity contribution in [3.05, 3.63) is 35.4 Å². The summed E-state index contributed by atoms with van der Waals surface area (Å²) in [5, 5.41) is 3.35. The second-order valence-corrected chi connectivity index (χ2v) is 4.71. The standard InChI is InChI=1S/C15H23NO2/c1-2-17-11-13-3-5-14(6-4-13)12-18-15-7-9-16-10-8-15/h3-6,15-16H,2,7-12H2,1H3. The zero-order chi connectivity index (χ0) is 12.6. The molecule has 0 atom stereocenters. The monoisotopic (exact) mass is 249 g/mol. The van der Waals surface area contributed by atoms with Crippen molar-refractivity contribution in [1.29, 1.82) is 0 Å². The first kappa shape index (κ1) is 13.5. The van der Waals surface area contributed by atoms with Crippen LogP contribution in [0.5, 0.6) is 0 Å². The normalized spacial score (nSPS) is 16.9. The molecule has 1 fully saturated rings. The maximum absolute atomic E-state index is 5.92. The van der Waals surface area contributed by atoms with Gasteiger partial charge in [0.25, 0.3) is 0 Å². The smallest absolute Gasteiger partial charge is 0.0720 e. The van der Waals surface area contributed by atoms with Crippen molar-refractivity contribution in [2.75, 3.05) is 19.7 Å². The van der Waals surface area contributed by atoms with E-state index in [1.165, 1.54) is 11.1 Å². The number of rotatable bonds is 6. The van der Waals surface area contributed by atoms with E-state index >= 15 is 0 Å². The molecule has 1 heterocycles. The highest BCUT2D eigenvalue weighted by Crippen LogP contribution is 2.12. The van der Waals surface area contributed by atoms with E-state index < -0.39 is 0 Å². The van der Waals surface area contributed by atoms with Gasteiger partial charge in [-0.1, -0.05) is 24.3 Å². The Morgan fingerprint density at radius 1 is 1.06 bits per heavy atom. The highest BCUT2D eigenvalue weighted by atomic mass is 16.5. The molecule has 3 heteroatoms. The Kier molecular flexibility index (Phi) is 5.65. The lowest BCUT2D eigenvalue weighted by Crippen LogP contribution is -2.32. The molecular weight excluding hydrogens is 226 g/mol. The molecule has 0 saturated carbocycles. The molecule has 100 valence electrons. The minimum atomic E-state index is 0.425. The molecule has 1 aromatic carbocycles. The van der Waals surface area contributed by atoms with Crippen molar-refractivity contribution in [2.45, 2.75) is 39.1 Å². The van der Waals surface area contributed by atoms with E-state index in [4.69, 9.17) is 9.47 Å². The van der Waals surface area contributed by atoms with Crippen LogP contribution in [0.15, 0.2) is 24.3 Å². The lowest BCUT2D eigenvalue weighted by atomic mass is 10.1. The zero-order valence-corrected chi connectivity index (χ0v) is 11.2. The van der Waals surface area contributed by atoms with Crippen LogP contribution in [0.4, 0.5) is 0 Å². The number of nitrogens with one attached hydrogen (secondary N) is 1. The van der Waals surface area contributed by atoms with Gasteiger partial charge in [0.05, 0.1) is 19.3 Å². The van der Waals surface area contributed by atoms with E-state index in [1.54, 1.807) is 0 Å². The molecule has 0 spiro atoms. The summed E-state index contributed by atoms with van der Waals surface area (Å²) in [6.07, 6.45) is 2.68. The predicted molar refractivity (Wildman–Crippen MR) is 72.5 cm³/mol. The first-order valence-corrected chi connectivity index (χ1v) is 6.86. The molecule has 0 aromatic heterocycles. The SMILES string of the molecule is CCOCc1ccc(COC2CCNCC2)cc1. The molecule has 1 aromatic rings. The third-order valence-electron chi connectivity index (χ3n) is 3.27. The van der Waals surface area contributed by atoms with E-state index in [2.05, 4.69) is 29.6 Å². The molecule has 1 aliphatic rings. The van der Waals surface area contributed by atoms with Gasteiger partial charge in [-0.25, -0.2) is 0 Å². The molecule has 2 rings (SSSR count). The van der Waals surface area contributed by atoms with E-state index in [-0.39, 0.29) is 0 Å². The maximum atomic E-state index is 5.92. The Labute approximate surface area is 109 Å². The van der Waals surface area contributed by atoms with Crippen LogP contribution in [0.3, 0.4) is 0 Å². The van der Waals surface area contributed by atoms with Gasteiger partial charge in [-0.2, -0.15) is 0 Å². The maximum Gasteiger partial charge on any atom is 0.0720 e. The fraction of sp³-hybridized carbons (Fsp3) is 0.600. The van der Waals surface area contributed by atoms with Gasteiger partial charge >= 0.3 is 0 Å². The van der Waals surface area contributed by atoms with Crippen LogP contribution < -0.4 is 5.32 Å². The Bertz CT molecular complexity index is 331. The molecule has 18 heavy (non-hydrogen) atoms. The molecule has 0 aliphatic carbocycles. The summed E-state index contributed by atoms with van der Waals surface area (Å²) >= 11 is 0. The summed E-state index contributed by atoms with van der Waals surface area (Å²) in [5.74, 6) is 0. The summed E-state index contributed by atoms with van der Waals surface area (Å²) < 4.78 is 11.3. The number of hydrogen-bond donors (Lipinski definition) is 1. The van der Waals surface area contributed by atoms with Crippen molar-refractivity contribution >= 4 is 0 Å². The molecular formula is C15H23NO2. The largest absolute Gasteiger partial charge is 0.377 e. The fourth-order valence-electron chi connectivity index (χ4n) is 2.13. The number of hydrogen-bond acceptors (Lipinski definition) is 3. The lowest BCUT2D eigenvalue weighted by molar-refractivity contribution is 0.0212. The Morgan fingerprint density at radius 2 is 1.67 bits per heavy atom. The van der Waals surface area contributed by atoms with Gasteiger partial charge in [0, 0.05) is 6.61 Å². The fourth-order valence-corrected chi connectivity index (χ4v) is 2.13. The minimum absolute atomic E-state index is 0.425. The quantitative estimate of drug-likeness (QED) is 0.840. The Morgan fingerprint density at radius 3 is 2.28 bits per heavy atom. The van der Waals surface area contributed by atoms with Gasteiger partial charge < -0.3 is 14.8 Å². The van der Waals surface area contributed by atoms with Gasteiger partial charge in [0.15, 0.2) is 0 Å². The van der Waals surface area contributed by atoms with Crippen LogP contribution >= 0.6 is 0 Å². The summed E-state index contributed by atoms with van der Waals surface area (Å²) in [4.78, 5) is 0. The average Bonchev–Trinajstić information content (AvgIpc) is 2.45. The summed E-state index contributed by atoms with van der Waals surface area (Å²) in [7, 11) is 0. The van der Waals surface area contributed by atoms with Crippen molar-refractivity contribution in [1.82, 2.24) is 5.32 Å². The van der Waals surface area contributed by atoms with Crippen molar-refractivity contribution in [3.63, 3.8) is 0 Å². The van der Waals surface area contributed by atoms with Crippen LogP contribution in [0.25, 0.3) is 0 Å². The second kappa shape index (κ2) is 7.52. The molecule has 1 N–H and O–H groups in total. The lowest BCUT2D eigenvalue weighted by Gasteiger charge is -2.23. The Balaban J connectivity index is 1.75. The Hall–Kier alpha value is -0.900. The van der Waals surface area contributed by atoms with Crippen LogP contribution in [0.1, 0.15) is 30.9 Å². The third kappa shape index (κ3) is 4.41. The summed E-state index contributed by atoms with van der Waals surface area (Å²) in [6, 6.07) is 8.51. The summed E-state index contributed by atoms with van der Waals surface area (Å²) in [5.41, 5.74) is 2.47. The third-order valence-corrected chi connectivity index (χ3v) is 3.27. The zero-order valence-electron chi connectivity index (χ0n) is 11.2. The van der Waals surface area contributed by atoms with Crippen LogP contribution in [0.2, 0.25) is 0 Å². The first-order chi connectivity index (χ1) is 8.88. The number of ether oxygens (including phenoxy) is 2. The molecule has 3 nitrogen and oxygen atoms in total. The molecule has 1 saturated heterocycles. The highest BCUT2D eigenvalue weighted by molar-refractivity contribution is 5.21. The molecule has 0 radical (unpaired) electrons. The van der Waals surface area contributed by atoms with Crippen LogP contribution in [-0.4, -0.2) is 25.8 Å². The van der Waals surface area contributed by atoms with E-state index in [9.17, 15) is 0 Å². The molecule has 0 amide bonds. The van der Waals surface area contributed by atoms with Crippen molar-refractivity contribution < 1.29 is 9.47 Å². The number of benzene rings is 1. The first-order valence-electron chi connectivity index (χ1n) is 6.86. The van der Waals surface area contributed by atoms with Crippen molar-refractivity contribution in [3.8, 4) is 0 Å². The topological polar surface area (TPSA) is 30.5 Å². The second-order valence-electron chi connectivity index (χ2n) is 4.71. The molecule has 1 aliphatic heterocycles. The van der Waals surface area contributed by atoms with Gasteiger partial charge in [0.2, 0.25) is 0 Å². The van der Waals surface area contributed by atoms with Crippen LogP contribution in [-0.2, 0) is 22.7 Å². The molecule has 0 bridgehead atoms. The average molecular weight is 249 g/mol. The predicted octanol–water partition coefficient (Wildman–Crippen LogP) is 2.49. The number of piperidine rings is 1. The minimum Gasteiger partial charge on any atom is -0.377 e. The van der Waals surface area contributed by atoms with Gasteiger partial charge in [-0.3, -0.25) is 0 Å². The highest BCUT2D eigenvalue weighted by Gasteiger charge is 2.12. The summed E-state index contributed by atoms with van der Waals surface area (Å²) in [6.45, 7) is 6.36. The van der Waals surface area contributed by atoms with E-state index in [0.29, 0.717) is 12.7 Å². The van der Waals surface area contributed by atoms with Gasteiger partial charge in [-0.15, -0.1) is 0 Å². The van der Waals surface area contributed by atoms with E-state index in [0.717, 1.165) is 39.1 Å². The van der Waals surface area contributed by atoms with Gasteiger partial charge in [0.1, 0.15) is 0 Å².